The third kappa shape index (κ3) is 14.5. The third-order valence-electron chi connectivity index (χ3n) is 2.33. The van der Waals surface area contributed by atoms with E-state index in [2.05, 4.69) is 71.7 Å². The molecule has 0 fully saturated rings. The van der Waals surface area contributed by atoms with Gasteiger partial charge in [0.15, 0.2) is 0 Å². The molecule has 0 aliphatic heterocycles. The van der Waals surface area contributed by atoms with Crippen LogP contribution in [0.25, 0.3) is 0 Å². The van der Waals surface area contributed by atoms with E-state index in [-0.39, 0.29) is 0 Å². The summed E-state index contributed by atoms with van der Waals surface area (Å²) < 4.78 is 0. The first kappa shape index (κ1) is 20.8. The van der Waals surface area contributed by atoms with E-state index in [0.29, 0.717) is 5.41 Å². The van der Waals surface area contributed by atoms with Gasteiger partial charge in [0.2, 0.25) is 0 Å². The summed E-state index contributed by atoms with van der Waals surface area (Å²) in [4.78, 5) is 0. The predicted octanol–water partition coefficient (Wildman–Crippen LogP) is 6.39. The van der Waals surface area contributed by atoms with Crippen molar-refractivity contribution in [1.82, 2.24) is 0 Å². The first-order valence-corrected chi connectivity index (χ1v) is 7.22. The van der Waals surface area contributed by atoms with Gasteiger partial charge in [0, 0.05) is 0 Å². The predicted molar refractivity (Wildman–Crippen MR) is 95.2 cm³/mol. The van der Waals surface area contributed by atoms with Crippen molar-refractivity contribution in [3.63, 3.8) is 0 Å². The fourth-order valence-electron chi connectivity index (χ4n) is 1.51. The van der Waals surface area contributed by atoms with E-state index in [4.69, 9.17) is 0 Å². The summed E-state index contributed by atoms with van der Waals surface area (Å²) in [5.41, 5.74) is 3.27. The standard InChI is InChI=1S/C13H20.C4H6.C3H6/c1-5-11-6-8-12(9-7-11)10-13(2,3)4;1-3-4-2;1-3-2/h6-9H,5,10H2,1-4H3;3-4H,1-2H2;3H,1H2,2H3. The van der Waals surface area contributed by atoms with Crippen LogP contribution in [0.3, 0.4) is 0 Å². The van der Waals surface area contributed by atoms with Crippen LogP contribution < -0.4 is 0 Å². The molecule has 0 atom stereocenters. The highest BCUT2D eigenvalue weighted by atomic mass is 14.2. The lowest BCUT2D eigenvalue weighted by Crippen LogP contribution is -2.08. The van der Waals surface area contributed by atoms with Crippen LogP contribution in [-0.2, 0) is 12.8 Å². The van der Waals surface area contributed by atoms with Crippen LogP contribution in [0.4, 0.5) is 0 Å². The van der Waals surface area contributed by atoms with E-state index in [1.165, 1.54) is 11.1 Å². The van der Waals surface area contributed by atoms with Crippen LogP contribution in [0.2, 0.25) is 0 Å². The second kappa shape index (κ2) is 12.5. The number of hydrogen-bond donors (Lipinski definition) is 0. The Bertz CT molecular complexity index is 354. The molecule has 0 saturated carbocycles. The minimum absolute atomic E-state index is 0.397. The average molecular weight is 272 g/mol. The van der Waals surface area contributed by atoms with Crippen LogP contribution in [-0.4, -0.2) is 0 Å². The number of allylic oxidation sites excluding steroid dienone is 3. The fraction of sp³-hybridized carbons (Fsp3) is 0.400. The summed E-state index contributed by atoms with van der Waals surface area (Å²) in [5.74, 6) is 0. The molecule has 112 valence electrons. The lowest BCUT2D eigenvalue weighted by molar-refractivity contribution is 0.411. The minimum Gasteiger partial charge on any atom is -0.103 e. The van der Waals surface area contributed by atoms with E-state index in [1.54, 1.807) is 18.2 Å². The maximum absolute atomic E-state index is 3.36. The van der Waals surface area contributed by atoms with E-state index in [0.717, 1.165) is 12.8 Å². The number of aryl methyl sites for hydroxylation is 1. The van der Waals surface area contributed by atoms with Gasteiger partial charge in [0.25, 0.3) is 0 Å². The van der Waals surface area contributed by atoms with Crippen molar-refractivity contribution in [2.24, 2.45) is 5.41 Å². The largest absolute Gasteiger partial charge is 0.103 e. The Morgan fingerprint density at radius 2 is 1.25 bits per heavy atom. The van der Waals surface area contributed by atoms with Gasteiger partial charge in [0.05, 0.1) is 0 Å². The Kier molecular flexibility index (Phi) is 12.9. The molecule has 0 aliphatic carbocycles. The fourth-order valence-corrected chi connectivity index (χ4v) is 1.51. The highest BCUT2D eigenvalue weighted by molar-refractivity contribution is 5.23. The van der Waals surface area contributed by atoms with Gasteiger partial charge >= 0.3 is 0 Å². The first-order valence-electron chi connectivity index (χ1n) is 7.22. The highest BCUT2D eigenvalue weighted by Gasteiger charge is 2.10. The van der Waals surface area contributed by atoms with Crippen molar-refractivity contribution >= 4 is 0 Å². The molecule has 0 heteroatoms. The second-order valence-electron chi connectivity index (χ2n) is 5.79. The zero-order valence-corrected chi connectivity index (χ0v) is 14.1. The van der Waals surface area contributed by atoms with Crippen LogP contribution in [0.15, 0.2) is 62.2 Å². The average Bonchev–Trinajstić information content (AvgIpc) is 2.39. The topological polar surface area (TPSA) is 0 Å². The molecule has 1 aromatic rings. The third-order valence-corrected chi connectivity index (χ3v) is 2.33. The molecule has 0 unspecified atom stereocenters. The molecule has 0 nitrogen and oxygen atoms in total. The maximum Gasteiger partial charge on any atom is -0.0230 e. The second-order valence-corrected chi connectivity index (χ2v) is 5.79. The van der Waals surface area contributed by atoms with Crippen molar-refractivity contribution in [3.8, 4) is 0 Å². The minimum atomic E-state index is 0.397. The molecule has 0 radical (unpaired) electrons. The Morgan fingerprint density at radius 3 is 1.50 bits per heavy atom. The van der Waals surface area contributed by atoms with Gasteiger partial charge in [-0.05, 0) is 36.3 Å². The molecule has 0 aliphatic rings. The highest BCUT2D eigenvalue weighted by Crippen LogP contribution is 2.20. The molecular weight excluding hydrogens is 240 g/mol. The molecule has 1 rings (SSSR count). The lowest BCUT2D eigenvalue weighted by atomic mass is 9.88. The van der Waals surface area contributed by atoms with Gasteiger partial charge in [-0.15, -0.1) is 6.58 Å². The zero-order chi connectivity index (χ0) is 16.0. The zero-order valence-electron chi connectivity index (χ0n) is 14.1. The Hall–Kier alpha value is -1.56. The van der Waals surface area contributed by atoms with Crippen LogP contribution in [0, 0.1) is 5.41 Å². The number of benzene rings is 1. The molecule has 0 saturated heterocycles. The van der Waals surface area contributed by atoms with Crippen molar-refractivity contribution < 1.29 is 0 Å². The van der Waals surface area contributed by atoms with Crippen molar-refractivity contribution in [2.75, 3.05) is 0 Å². The van der Waals surface area contributed by atoms with E-state index >= 15 is 0 Å². The van der Waals surface area contributed by atoms with Crippen LogP contribution >= 0.6 is 0 Å². The molecule has 0 bridgehead atoms. The Balaban J connectivity index is 0. The van der Waals surface area contributed by atoms with Gasteiger partial charge in [-0.1, -0.05) is 83.3 Å². The summed E-state index contributed by atoms with van der Waals surface area (Å²) in [7, 11) is 0. The van der Waals surface area contributed by atoms with Crippen molar-refractivity contribution in [2.45, 2.75) is 47.5 Å². The molecule has 0 N–H and O–H groups in total. The maximum atomic E-state index is 3.36. The number of rotatable bonds is 3. The number of hydrogen-bond acceptors (Lipinski definition) is 0. The monoisotopic (exact) mass is 272 g/mol. The summed E-state index contributed by atoms with van der Waals surface area (Å²) in [6, 6.07) is 8.98. The lowest BCUT2D eigenvalue weighted by Gasteiger charge is -2.18. The van der Waals surface area contributed by atoms with Crippen molar-refractivity contribution in [1.29, 1.82) is 0 Å². The molecular formula is C20H32. The normalized spacial score (nSPS) is 9.25. The molecule has 0 spiro atoms. The van der Waals surface area contributed by atoms with Crippen LogP contribution in [0.1, 0.15) is 45.7 Å². The molecule has 20 heavy (non-hydrogen) atoms. The van der Waals surface area contributed by atoms with Gasteiger partial charge in [-0.25, -0.2) is 0 Å². The molecule has 0 amide bonds. The van der Waals surface area contributed by atoms with E-state index in [9.17, 15) is 0 Å². The van der Waals surface area contributed by atoms with E-state index in [1.807, 2.05) is 6.92 Å². The smallest absolute Gasteiger partial charge is 0.0230 e. The summed E-state index contributed by atoms with van der Waals surface area (Å²) in [6.07, 6.45) is 7.33. The quantitative estimate of drug-likeness (QED) is 0.442. The van der Waals surface area contributed by atoms with Crippen molar-refractivity contribution in [3.05, 3.63) is 73.4 Å². The summed E-state index contributed by atoms with van der Waals surface area (Å²) in [6.45, 7) is 21.0. The van der Waals surface area contributed by atoms with Gasteiger partial charge < -0.3 is 0 Å². The molecule has 0 heterocycles. The van der Waals surface area contributed by atoms with Gasteiger partial charge in [0.1, 0.15) is 0 Å². The first-order chi connectivity index (χ1) is 9.34. The SMILES string of the molecule is C=CC.C=CC=C.CCc1ccc(CC(C)(C)C)cc1. The van der Waals surface area contributed by atoms with Gasteiger partial charge in [-0.2, -0.15) is 0 Å². The molecule has 0 aromatic heterocycles. The summed E-state index contributed by atoms with van der Waals surface area (Å²) in [5, 5.41) is 0. The van der Waals surface area contributed by atoms with Crippen LogP contribution in [0.5, 0.6) is 0 Å². The molecule has 1 aromatic carbocycles. The Labute approximate surface area is 126 Å². The Morgan fingerprint density at radius 1 is 0.900 bits per heavy atom. The van der Waals surface area contributed by atoms with E-state index < -0.39 is 0 Å². The summed E-state index contributed by atoms with van der Waals surface area (Å²) >= 11 is 0. The van der Waals surface area contributed by atoms with Gasteiger partial charge in [-0.3, -0.25) is 0 Å².